The summed E-state index contributed by atoms with van der Waals surface area (Å²) < 4.78 is 0. The summed E-state index contributed by atoms with van der Waals surface area (Å²) in [5.74, 6) is -2.46. The summed E-state index contributed by atoms with van der Waals surface area (Å²) in [5, 5.41) is 28.0. The highest BCUT2D eigenvalue weighted by molar-refractivity contribution is 6.32. The van der Waals surface area contributed by atoms with Crippen LogP contribution in [0.2, 0.25) is 0 Å². The Balaban J connectivity index is 0.000000156. The quantitative estimate of drug-likeness (QED) is 0.239. The summed E-state index contributed by atoms with van der Waals surface area (Å²) in [6.07, 6.45) is 0. The lowest BCUT2D eigenvalue weighted by molar-refractivity contribution is 0.0651. The largest absolute Gasteiger partial charge is 0.478 e. The van der Waals surface area contributed by atoms with Gasteiger partial charge in [0.1, 0.15) is 0 Å². The minimum absolute atomic E-state index is 0.190. The number of hydrogen-bond donors (Lipinski definition) is 2. The van der Waals surface area contributed by atoms with E-state index in [0.29, 0.717) is 0 Å². The molecule has 0 amide bonds. The number of carbonyl (C=O) groups is 2. The van der Waals surface area contributed by atoms with Gasteiger partial charge in [0.05, 0.1) is 11.1 Å². The molecule has 32 heavy (non-hydrogen) atoms. The van der Waals surface area contributed by atoms with Crippen LogP contribution in [0.3, 0.4) is 0 Å². The first-order valence-electron chi connectivity index (χ1n) is 10.2. The molecule has 0 fully saturated rings. The lowest BCUT2D eigenvalue weighted by Gasteiger charge is -2.13. The zero-order valence-electron chi connectivity index (χ0n) is 16.9. The van der Waals surface area contributed by atoms with Crippen molar-refractivity contribution in [2.45, 2.75) is 0 Å². The molecule has 0 aromatic heterocycles. The van der Waals surface area contributed by atoms with Crippen LogP contribution in [0.5, 0.6) is 0 Å². The van der Waals surface area contributed by atoms with Crippen LogP contribution in [0.4, 0.5) is 0 Å². The van der Waals surface area contributed by atoms with Crippen molar-refractivity contribution in [2.75, 3.05) is 0 Å². The van der Waals surface area contributed by atoms with Gasteiger partial charge >= 0.3 is 11.9 Å². The molecule has 0 aliphatic carbocycles. The monoisotopic (exact) mass is 418 g/mol. The van der Waals surface area contributed by atoms with Gasteiger partial charge in [0.2, 0.25) is 0 Å². The third kappa shape index (κ3) is 3.10. The SMILES string of the molecule is O=C(O)c1ccccc1C(=O)O.c1cc2cccc3c4cccc5cccc(c(c1)c23)c54. The maximum absolute atomic E-state index is 10.5. The van der Waals surface area contributed by atoms with Crippen molar-refractivity contribution in [1.29, 1.82) is 0 Å². The lowest BCUT2D eigenvalue weighted by atomic mass is 9.90. The van der Waals surface area contributed by atoms with E-state index in [4.69, 9.17) is 10.2 Å². The van der Waals surface area contributed by atoms with Crippen LogP contribution >= 0.6 is 0 Å². The van der Waals surface area contributed by atoms with Crippen LogP contribution in [-0.2, 0) is 0 Å². The Morgan fingerprint density at radius 1 is 0.438 bits per heavy atom. The van der Waals surface area contributed by atoms with Crippen LogP contribution in [0.15, 0.2) is 97.1 Å². The number of hydrogen-bond acceptors (Lipinski definition) is 2. The molecular formula is C28H18O4. The summed E-state index contributed by atoms with van der Waals surface area (Å²) in [4.78, 5) is 20.9. The smallest absolute Gasteiger partial charge is 0.336 e. The van der Waals surface area contributed by atoms with E-state index >= 15 is 0 Å². The van der Waals surface area contributed by atoms with Gasteiger partial charge in [-0.05, 0) is 55.2 Å². The number of fused-ring (bicyclic) bond motifs is 2. The lowest BCUT2D eigenvalue weighted by Crippen LogP contribution is -2.06. The van der Waals surface area contributed by atoms with Crippen LogP contribution in [0.1, 0.15) is 20.7 Å². The van der Waals surface area contributed by atoms with Gasteiger partial charge in [-0.3, -0.25) is 0 Å². The van der Waals surface area contributed by atoms with Crippen LogP contribution in [0.25, 0.3) is 43.1 Å². The number of aromatic carboxylic acids is 2. The molecule has 0 aliphatic rings. The molecular weight excluding hydrogens is 400 g/mol. The maximum Gasteiger partial charge on any atom is 0.336 e. The number of carboxylic acids is 2. The Kier molecular flexibility index (Phi) is 4.68. The fourth-order valence-corrected chi connectivity index (χ4v) is 4.44. The van der Waals surface area contributed by atoms with Crippen LogP contribution < -0.4 is 0 Å². The zero-order chi connectivity index (χ0) is 22.2. The van der Waals surface area contributed by atoms with E-state index in [2.05, 4.69) is 72.8 Å². The summed E-state index contributed by atoms with van der Waals surface area (Å²) in [7, 11) is 0. The molecule has 0 spiro atoms. The molecule has 4 heteroatoms. The topological polar surface area (TPSA) is 74.6 Å². The second-order valence-electron chi connectivity index (χ2n) is 7.57. The summed E-state index contributed by atoms with van der Waals surface area (Å²) >= 11 is 0. The molecule has 2 N–H and O–H groups in total. The average molecular weight is 418 g/mol. The summed E-state index contributed by atoms with van der Waals surface area (Å²) in [6, 6.07) is 31.9. The van der Waals surface area contributed by atoms with Gasteiger partial charge in [0.15, 0.2) is 0 Å². The Hall–Kier alpha value is -4.44. The first kappa shape index (κ1) is 19.5. The van der Waals surface area contributed by atoms with E-state index in [-0.39, 0.29) is 11.1 Å². The summed E-state index contributed by atoms with van der Waals surface area (Å²) in [5.41, 5.74) is -0.380. The Bertz CT molecular complexity index is 1430. The highest BCUT2D eigenvalue weighted by Crippen LogP contribution is 2.39. The second-order valence-corrected chi connectivity index (χ2v) is 7.57. The van der Waals surface area contributed by atoms with E-state index in [1.165, 1.54) is 67.4 Å². The van der Waals surface area contributed by atoms with Gasteiger partial charge in [-0.25, -0.2) is 9.59 Å². The first-order valence-corrected chi connectivity index (χ1v) is 10.2. The molecule has 0 aliphatic heterocycles. The van der Waals surface area contributed by atoms with Crippen molar-refractivity contribution in [3.63, 3.8) is 0 Å². The highest BCUT2D eigenvalue weighted by atomic mass is 16.4. The molecule has 6 aromatic rings. The Morgan fingerprint density at radius 3 is 1.03 bits per heavy atom. The van der Waals surface area contributed by atoms with Crippen molar-refractivity contribution >= 4 is 55.0 Å². The maximum atomic E-state index is 10.5. The highest BCUT2D eigenvalue weighted by Gasteiger charge is 2.14. The van der Waals surface area contributed by atoms with Crippen LogP contribution in [-0.4, -0.2) is 22.2 Å². The van der Waals surface area contributed by atoms with Gasteiger partial charge in [0, 0.05) is 0 Å². The summed E-state index contributed by atoms with van der Waals surface area (Å²) in [6.45, 7) is 0. The van der Waals surface area contributed by atoms with E-state index in [1.807, 2.05) is 0 Å². The van der Waals surface area contributed by atoms with Gasteiger partial charge in [-0.15, -0.1) is 0 Å². The molecule has 154 valence electrons. The second kappa shape index (κ2) is 7.67. The standard InChI is InChI=1S/C20H12.C8H6O4/c1-5-13-6-2-11-17-18-12-4-8-14-7-3-10-16(20(14)18)15(9-1)19(13)17;9-7(10)5-3-1-2-4-6(5)8(11)12/h1-12H;1-4H,(H,9,10)(H,11,12). The molecule has 0 radical (unpaired) electrons. The predicted octanol–water partition coefficient (Wildman–Crippen LogP) is 6.82. The van der Waals surface area contributed by atoms with Crippen molar-refractivity contribution in [2.24, 2.45) is 0 Å². The first-order chi connectivity index (χ1) is 15.6. The number of rotatable bonds is 2. The van der Waals surface area contributed by atoms with E-state index in [0.717, 1.165) is 0 Å². The molecule has 0 saturated carbocycles. The molecule has 0 bridgehead atoms. The van der Waals surface area contributed by atoms with Crippen molar-refractivity contribution in [3.8, 4) is 0 Å². The zero-order valence-corrected chi connectivity index (χ0v) is 16.9. The third-order valence-electron chi connectivity index (χ3n) is 5.78. The molecule has 4 nitrogen and oxygen atoms in total. The van der Waals surface area contributed by atoms with Gasteiger partial charge in [-0.2, -0.15) is 0 Å². The molecule has 6 rings (SSSR count). The van der Waals surface area contributed by atoms with E-state index < -0.39 is 11.9 Å². The fourth-order valence-electron chi connectivity index (χ4n) is 4.44. The number of benzene rings is 6. The third-order valence-corrected chi connectivity index (χ3v) is 5.78. The van der Waals surface area contributed by atoms with Gasteiger partial charge in [0.25, 0.3) is 0 Å². The van der Waals surface area contributed by atoms with Gasteiger partial charge < -0.3 is 10.2 Å². The van der Waals surface area contributed by atoms with Gasteiger partial charge in [-0.1, -0.05) is 84.9 Å². The van der Waals surface area contributed by atoms with Crippen molar-refractivity contribution < 1.29 is 19.8 Å². The number of carboxylic acid groups (broad SMARTS) is 2. The van der Waals surface area contributed by atoms with E-state index in [9.17, 15) is 9.59 Å². The fraction of sp³-hybridized carbons (Fsp3) is 0. The Labute approximate surface area is 183 Å². The van der Waals surface area contributed by atoms with Crippen LogP contribution in [0, 0.1) is 0 Å². The van der Waals surface area contributed by atoms with Crippen molar-refractivity contribution in [3.05, 3.63) is 108 Å². The minimum atomic E-state index is -1.23. The van der Waals surface area contributed by atoms with E-state index in [1.54, 1.807) is 0 Å². The normalized spacial score (nSPS) is 11.0. The predicted molar refractivity (Wildman–Crippen MR) is 128 cm³/mol. The molecule has 0 atom stereocenters. The Morgan fingerprint density at radius 2 is 0.750 bits per heavy atom. The molecule has 0 heterocycles. The molecule has 6 aromatic carbocycles. The average Bonchev–Trinajstić information content (AvgIpc) is 2.82. The molecule has 0 saturated heterocycles. The molecule has 0 unspecified atom stereocenters. The minimum Gasteiger partial charge on any atom is -0.478 e. The van der Waals surface area contributed by atoms with Crippen molar-refractivity contribution in [1.82, 2.24) is 0 Å².